The summed E-state index contributed by atoms with van der Waals surface area (Å²) in [5.41, 5.74) is 2.61. The molecule has 0 saturated carbocycles. The summed E-state index contributed by atoms with van der Waals surface area (Å²) in [5, 5.41) is 9.30. The first kappa shape index (κ1) is 21.1. The first-order valence-corrected chi connectivity index (χ1v) is 9.91. The Kier molecular flexibility index (Phi) is 7.22. The number of rotatable bonds is 9. The van der Waals surface area contributed by atoms with Crippen molar-refractivity contribution in [3.8, 4) is 11.5 Å². The third kappa shape index (κ3) is 5.95. The van der Waals surface area contributed by atoms with Crippen LogP contribution in [0.3, 0.4) is 0 Å². The van der Waals surface area contributed by atoms with Gasteiger partial charge in [0.05, 0.1) is 5.56 Å². The Morgan fingerprint density at radius 2 is 1.57 bits per heavy atom. The number of hydrogen-bond donors (Lipinski definition) is 1. The highest BCUT2D eigenvalue weighted by Gasteiger charge is 2.21. The molecule has 0 spiro atoms. The molecule has 154 valence electrons. The maximum Gasteiger partial charge on any atom is 0.323 e. The molecule has 0 aliphatic heterocycles. The van der Waals surface area contributed by atoms with Crippen molar-refractivity contribution in [1.82, 2.24) is 4.90 Å². The van der Waals surface area contributed by atoms with E-state index in [1.54, 1.807) is 24.3 Å². The Labute approximate surface area is 176 Å². The number of carbonyl (C=O) groups is 2. The van der Waals surface area contributed by atoms with Gasteiger partial charge in [-0.2, -0.15) is 0 Å². The van der Waals surface area contributed by atoms with Crippen LogP contribution in [-0.2, 0) is 11.2 Å². The van der Waals surface area contributed by atoms with E-state index in [2.05, 4.69) is 0 Å². The van der Waals surface area contributed by atoms with Crippen LogP contribution in [0.4, 0.5) is 0 Å². The molecule has 0 aromatic heterocycles. The van der Waals surface area contributed by atoms with Crippen LogP contribution in [0.25, 0.3) is 0 Å². The number of carboxylic acid groups (broad SMARTS) is 1. The third-order valence-electron chi connectivity index (χ3n) is 4.72. The van der Waals surface area contributed by atoms with Gasteiger partial charge in [-0.25, -0.2) is 0 Å². The van der Waals surface area contributed by atoms with Gasteiger partial charge in [-0.05, 0) is 49.6 Å². The number of carbonyl (C=O) groups excluding carboxylic acids is 1. The second kappa shape index (κ2) is 10.3. The van der Waals surface area contributed by atoms with Crippen molar-refractivity contribution in [2.75, 3.05) is 13.1 Å². The van der Waals surface area contributed by atoms with Crippen molar-refractivity contribution >= 4 is 11.9 Å². The summed E-state index contributed by atoms with van der Waals surface area (Å²) in [6.45, 7) is 1.98. The van der Waals surface area contributed by atoms with Gasteiger partial charge in [0.25, 0.3) is 5.91 Å². The van der Waals surface area contributed by atoms with Gasteiger partial charge in [-0.15, -0.1) is 0 Å². The quantitative estimate of drug-likeness (QED) is 0.549. The summed E-state index contributed by atoms with van der Waals surface area (Å²) in [7, 11) is 0. The van der Waals surface area contributed by atoms with E-state index in [0.29, 0.717) is 30.0 Å². The number of ether oxygens (including phenoxy) is 1. The fourth-order valence-electron chi connectivity index (χ4n) is 3.17. The topological polar surface area (TPSA) is 66.8 Å². The Morgan fingerprint density at radius 1 is 0.900 bits per heavy atom. The van der Waals surface area contributed by atoms with E-state index in [1.807, 2.05) is 61.5 Å². The minimum Gasteiger partial charge on any atom is -0.480 e. The summed E-state index contributed by atoms with van der Waals surface area (Å²) < 4.78 is 5.92. The van der Waals surface area contributed by atoms with E-state index < -0.39 is 5.97 Å². The lowest BCUT2D eigenvalue weighted by Crippen LogP contribution is -2.36. The fourth-order valence-corrected chi connectivity index (χ4v) is 3.17. The fraction of sp³-hybridized carbons (Fsp3) is 0.200. The summed E-state index contributed by atoms with van der Waals surface area (Å²) in [4.78, 5) is 25.9. The zero-order valence-electron chi connectivity index (χ0n) is 17.0. The molecule has 0 aliphatic carbocycles. The number of aryl methyl sites for hydroxylation is 2. The molecule has 0 saturated heterocycles. The molecule has 0 bridgehead atoms. The lowest BCUT2D eigenvalue weighted by atomic mass is 10.1. The molecular weight excluding hydrogens is 378 g/mol. The molecule has 0 unspecified atom stereocenters. The third-order valence-corrected chi connectivity index (χ3v) is 4.72. The Hall–Kier alpha value is -3.60. The van der Waals surface area contributed by atoms with Crippen LogP contribution in [-0.4, -0.2) is 35.0 Å². The first-order chi connectivity index (χ1) is 14.5. The van der Waals surface area contributed by atoms with Crippen LogP contribution >= 0.6 is 0 Å². The monoisotopic (exact) mass is 403 g/mol. The SMILES string of the molecule is Cc1ccc(Oc2ccccc2C(=O)N(CCCc2ccccc2)CC(=O)O)cc1. The van der Waals surface area contributed by atoms with Crippen LogP contribution in [0.1, 0.15) is 27.9 Å². The molecule has 1 amide bonds. The van der Waals surface area contributed by atoms with Gasteiger partial charge in [-0.1, -0.05) is 60.2 Å². The van der Waals surface area contributed by atoms with Gasteiger partial charge in [0.2, 0.25) is 0 Å². The van der Waals surface area contributed by atoms with Gasteiger partial charge < -0.3 is 14.7 Å². The molecule has 0 fully saturated rings. The average molecular weight is 403 g/mol. The molecule has 0 heterocycles. The van der Waals surface area contributed by atoms with E-state index in [-0.39, 0.29) is 12.5 Å². The molecule has 1 N–H and O–H groups in total. The van der Waals surface area contributed by atoms with Crippen molar-refractivity contribution in [1.29, 1.82) is 0 Å². The number of para-hydroxylation sites is 1. The number of aliphatic carboxylic acids is 1. The number of nitrogens with zero attached hydrogens (tertiary/aromatic N) is 1. The Morgan fingerprint density at radius 3 is 2.27 bits per heavy atom. The zero-order valence-corrected chi connectivity index (χ0v) is 17.0. The van der Waals surface area contributed by atoms with E-state index >= 15 is 0 Å². The molecular formula is C25H25NO4. The van der Waals surface area contributed by atoms with Gasteiger partial charge >= 0.3 is 5.97 Å². The van der Waals surface area contributed by atoms with E-state index in [4.69, 9.17) is 4.74 Å². The number of benzene rings is 3. The Balaban J connectivity index is 1.74. The predicted molar refractivity (Wildman–Crippen MR) is 116 cm³/mol. The average Bonchev–Trinajstić information content (AvgIpc) is 2.75. The summed E-state index contributed by atoms with van der Waals surface area (Å²) in [6, 6.07) is 24.4. The minimum absolute atomic E-state index is 0.346. The highest BCUT2D eigenvalue weighted by molar-refractivity contribution is 5.98. The molecule has 5 nitrogen and oxygen atoms in total. The van der Waals surface area contributed by atoms with E-state index in [1.165, 1.54) is 4.90 Å². The van der Waals surface area contributed by atoms with E-state index in [9.17, 15) is 14.7 Å². The number of amides is 1. The molecule has 3 aromatic carbocycles. The number of hydrogen-bond acceptors (Lipinski definition) is 3. The zero-order chi connectivity index (χ0) is 21.3. The lowest BCUT2D eigenvalue weighted by molar-refractivity contribution is -0.137. The summed E-state index contributed by atoms with van der Waals surface area (Å²) in [5.74, 6) is -0.368. The molecule has 0 radical (unpaired) electrons. The standard InChI is InChI=1S/C25H25NO4/c1-19-13-15-21(16-14-19)30-23-12-6-5-11-22(23)25(29)26(18-24(27)28)17-7-10-20-8-3-2-4-9-20/h2-6,8-9,11-16H,7,10,17-18H2,1H3,(H,27,28). The molecule has 5 heteroatoms. The maximum atomic E-state index is 13.2. The largest absolute Gasteiger partial charge is 0.480 e. The van der Waals surface area contributed by atoms with Crippen LogP contribution in [0, 0.1) is 6.92 Å². The second-order valence-corrected chi connectivity index (χ2v) is 7.12. The van der Waals surface area contributed by atoms with Gasteiger partial charge in [0, 0.05) is 6.54 Å². The molecule has 3 aromatic rings. The molecule has 3 rings (SSSR count). The van der Waals surface area contributed by atoms with Crippen LogP contribution < -0.4 is 4.74 Å². The van der Waals surface area contributed by atoms with Gasteiger partial charge in [-0.3, -0.25) is 9.59 Å². The number of carboxylic acids is 1. The molecule has 0 aliphatic rings. The lowest BCUT2D eigenvalue weighted by Gasteiger charge is -2.22. The normalized spacial score (nSPS) is 10.4. The van der Waals surface area contributed by atoms with Crippen LogP contribution in [0.15, 0.2) is 78.9 Å². The smallest absolute Gasteiger partial charge is 0.323 e. The second-order valence-electron chi connectivity index (χ2n) is 7.12. The minimum atomic E-state index is -1.04. The van der Waals surface area contributed by atoms with Crippen molar-refractivity contribution in [2.24, 2.45) is 0 Å². The van der Waals surface area contributed by atoms with E-state index in [0.717, 1.165) is 17.5 Å². The molecule has 30 heavy (non-hydrogen) atoms. The maximum absolute atomic E-state index is 13.2. The summed E-state index contributed by atoms with van der Waals surface area (Å²) >= 11 is 0. The first-order valence-electron chi connectivity index (χ1n) is 9.91. The summed E-state index contributed by atoms with van der Waals surface area (Å²) in [6.07, 6.45) is 1.44. The van der Waals surface area contributed by atoms with Crippen molar-refractivity contribution < 1.29 is 19.4 Å². The molecule has 0 atom stereocenters. The van der Waals surface area contributed by atoms with Crippen LogP contribution in [0.2, 0.25) is 0 Å². The highest BCUT2D eigenvalue weighted by Crippen LogP contribution is 2.26. The highest BCUT2D eigenvalue weighted by atomic mass is 16.5. The predicted octanol–water partition coefficient (Wildman–Crippen LogP) is 4.95. The van der Waals surface area contributed by atoms with Gasteiger partial charge in [0.15, 0.2) is 0 Å². The van der Waals surface area contributed by atoms with Crippen molar-refractivity contribution in [3.63, 3.8) is 0 Å². The Bertz CT molecular complexity index is 984. The van der Waals surface area contributed by atoms with Crippen molar-refractivity contribution in [3.05, 3.63) is 95.6 Å². The van der Waals surface area contributed by atoms with Gasteiger partial charge in [0.1, 0.15) is 18.0 Å². The van der Waals surface area contributed by atoms with Crippen molar-refractivity contribution in [2.45, 2.75) is 19.8 Å². The van der Waals surface area contributed by atoms with Crippen LogP contribution in [0.5, 0.6) is 11.5 Å².